The van der Waals surface area contributed by atoms with E-state index >= 15 is 0 Å². The number of amides is 1. The Morgan fingerprint density at radius 2 is 1.69 bits per heavy atom. The van der Waals surface area contributed by atoms with E-state index in [9.17, 15) is 26.4 Å². The first kappa shape index (κ1) is 25.5. The van der Waals surface area contributed by atoms with E-state index in [1.54, 1.807) is 30.3 Å². The number of benzene rings is 3. The highest BCUT2D eigenvalue weighted by Gasteiger charge is 2.38. The van der Waals surface area contributed by atoms with Crippen LogP contribution < -0.4 is 9.04 Å². The van der Waals surface area contributed by atoms with Crippen LogP contribution in [0.1, 0.15) is 15.9 Å². The predicted octanol–water partition coefficient (Wildman–Crippen LogP) is 4.64. The van der Waals surface area contributed by atoms with Crippen LogP contribution in [0.2, 0.25) is 0 Å². The Morgan fingerprint density at radius 3 is 2.39 bits per heavy atom. The molecule has 1 aliphatic heterocycles. The molecule has 0 bridgehead atoms. The van der Waals surface area contributed by atoms with Crippen molar-refractivity contribution in [2.24, 2.45) is 0 Å². The molecule has 1 heterocycles. The highest BCUT2D eigenvalue weighted by atomic mass is 32.2. The van der Waals surface area contributed by atoms with Gasteiger partial charge in [-0.15, -0.1) is 0 Å². The number of halogens is 3. The fourth-order valence-corrected chi connectivity index (χ4v) is 5.46. The van der Waals surface area contributed by atoms with Gasteiger partial charge in [-0.2, -0.15) is 13.2 Å². The molecule has 0 N–H and O–H groups in total. The summed E-state index contributed by atoms with van der Waals surface area (Å²) in [6.45, 7) is -0.140. The van der Waals surface area contributed by atoms with Crippen LogP contribution in [-0.2, 0) is 20.9 Å². The number of anilines is 1. The Bertz CT molecular complexity index is 1390. The number of hydrogen-bond donors (Lipinski definition) is 0. The molecule has 3 aromatic carbocycles. The monoisotopic (exact) mass is 520 g/mol. The lowest BCUT2D eigenvalue weighted by atomic mass is 10.00. The van der Waals surface area contributed by atoms with Crippen molar-refractivity contribution in [2.45, 2.75) is 11.1 Å². The van der Waals surface area contributed by atoms with E-state index in [2.05, 4.69) is 0 Å². The van der Waals surface area contributed by atoms with Crippen molar-refractivity contribution in [3.05, 3.63) is 77.9 Å². The zero-order valence-corrected chi connectivity index (χ0v) is 20.3. The van der Waals surface area contributed by atoms with Gasteiger partial charge in [-0.1, -0.05) is 30.3 Å². The number of hydrogen-bond acceptors (Lipinski definition) is 5. The Balaban J connectivity index is 1.88. The van der Waals surface area contributed by atoms with Gasteiger partial charge in [0.25, 0.3) is 15.9 Å². The number of rotatable bonds is 7. The molecule has 4 rings (SSSR count). The van der Waals surface area contributed by atoms with Gasteiger partial charge in [-0.25, -0.2) is 12.7 Å². The maximum absolute atomic E-state index is 13.7. The molecule has 1 aliphatic rings. The van der Waals surface area contributed by atoms with E-state index in [1.165, 1.54) is 31.3 Å². The molecule has 0 aliphatic carbocycles. The average Bonchev–Trinajstić information content (AvgIpc) is 2.87. The molecule has 0 radical (unpaired) electrons. The van der Waals surface area contributed by atoms with Crippen LogP contribution in [0.5, 0.6) is 5.75 Å². The van der Waals surface area contributed by atoms with Gasteiger partial charge in [0.1, 0.15) is 12.4 Å². The van der Waals surface area contributed by atoms with Crippen LogP contribution in [-0.4, -0.2) is 53.3 Å². The van der Waals surface area contributed by atoms with Gasteiger partial charge < -0.3 is 14.4 Å². The summed E-state index contributed by atoms with van der Waals surface area (Å²) < 4.78 is 78.7. The zero-order chi connectivity index (χ0) is 26.1. The Hall–Kier alpha value is -3.57. The van der Waals surface area contributed by atoms with Crippen LogP contribution >= 0.6 is 0 Å². The number of nitrogens with zero attached hydrogens (tertiary/aromatic N) is 2. The summed E-state index contributed by atoms with van der Waals surface area (Å²) in [5, 5.41) is 0. The maximum atomic E-state index is 13.7. The lowest BCUT2D eigenvalue weighted by molar-refractivity contribution is -0.137. The third-order valence-corrected chi connectivity index (χ3v) is 7.56. The number of alkyl halides is 3. The first-order chi connectivity index (χ1) is 17.1. The van der Waals surface area contributed by atoms with Crippen molar-refractivity contribution in [1.29, 1.82) is 0 Å². The van der Waals surface area contributed by atoms with Gasteiger partial charge >= 0.3 is 6.18 Å². The second-order valence-corrected chi connectivity index (χ2v) is 9.88. The topological polar surface area (TPSA) is 76.2 Å². The van der Waals surface area contributed by atoms with Crippen molar-refractivity contribution >= 4 is 21.6 Å². The second-order valence-electron chi connectivity index (χ2n) is 8.01. The lowest BCUT2D eigenvalue weighted by Crippen LogP contribution is -2.50. The summed E-state index contributed by atoms with van der Waals surface area (Å²) in [5.74, 6) is 0.123. The van der Waals surface area contributed by atoms with Gasteiger partial charge in [-0.3, -0.25) is 4.79 Å². The van der Waals surface area contributed by atoms with Gasteiger partial charge in [0.2, 0.25) is 0 Å². The number of carbonyl (C=O) groups excluding carboxylic acids is 1. The molecule has 0 atom stereocenters. The number of para-hydroxylation sites is 1. The van der Waals surface area contributed by atoms with Crippen molar-refractivity contribution in [3.8, 4) is 16.9 Å². The molecule has 36 heavy (non-hydrogen) atoms. The first-order valence-electron chi connectivity index (χ1n) is 10.8. The molecular weight excluding hydrogens is 497 g/mol. The molecule has 11 heteroatoms. The summed E-state index contributed by atoms with van der Waals surface area (Å²) in [6.07, 6.45) is -4.72. The number of sulfonamides is 1. The van der Waals surface area contributed by atoms with E-state index in [0.717, 1.165) is 22.5 Å². The highest BCUT2D eigenvalue weighted by molar-refractivity contribution is 7.92. The van der Waals surface area contributed by atoms with E-state index in [-0.39, 0.29) is 31.1 Å². The molecule has 0 aromatic heterocycles. The Kier molecular flexibility index (Phi) is 6.96. The number of ether oxygens (including phenoxy) is 2. The number of methoxy groups -OCH3 is 2. The SMILES string of the molecule is COCCN1CN(S(=O)(=O)c2cccc(C(F)(F)F)c2)c2cc(-c3ccccc3OC)ccc2C1=O. The van der Waals surface area contributed by atoms with Crippen molar-refractivity contribution in [1.82, 2.24) is 4.90 Å². The van der Waals surface area contributed by atoms with Crippen molar-refractivity contribution in [3.63, 3.8) is 0 Å². The van der Waals surface area contributed by atoms with Crippen LogP contribution in [0.15, 0.2) is 71.6 Å². The average molecular weight is 521 g/mol. The summed E-state index contributed by atoms with van der Waals surface area (Å²) in [4.78, 5) is 13.9. The minimum Gasteiger partial charge on any atom is -0.496 e. The van der Waals surface area contributed by atoms with Crippen LogP contribution in [0.4, 0.5) is 18.9 Å². The second kappa shape index (κ2) is 9.82. The number of fused-ring (bicyclic) bond motifs is 1. The molecule has 0 fully saturated rings. The Morgan fingerprint density at radius 1 is 0.944 bits per heavy atom. The first-order valence-corrected chi connectivity index (χ1v) is 12.3. The fourth-order valence-electron chi connectivity index (χ4n) is 3.97. The van der Waals surface area contributed by atoms with Gasteiger partial charge in [0.05, 0.1) is 35.4 Å². The third kappa shape index (κ3) is 4.76. The molecular formula is C25H23F3N2O5S. The molecule has 0 saturated carbocycles. The van der Waals surface area contributed by atoms with Gasteiger partial charge in [0.15, 0.2) is 0 Å². The Labute approximate surface area is 206 Å². The third-order valence-electron chi connectivity index (χ3n) is 5.82. The molecule has 190 valence electrons. The van der Waals surface area contributed by atoms with Crippen LogP contribution in [0.3, 0.4) is 0 Å². The summed E-state index contributed by atoms with van der Waals surface area (Å²) in [5.41, 5.74) is 0.319. The summed E-state index contributed by atoms with van der Waals surface area (Å²) >= 11 is 0. The quantitative estimate of drug-likeness (QED) is 0.454. The lowest BCUT2D eigenvalue weighted by Gasteiger charge is -2.37. The molecule has 0 spiro atoms. The zero-order valence-electron chi connectivity index (χ0n) is 19.4. The predicted molar refractivity (Wildman–Crippen MR) is 127 cm³/mol. The standard InChI is InChI=1S/C25H23F3N2O5S/c1-34-13-12-29-16-30(36(32,33)19-7-5-6-18(15-19)25(26,27)28)22-14-17(10-11-21(22)24(29)31)20-8-3-4-9-23(20)35-2/h3-11,14-15H,12-13,16H2,1-2H3. The van der Waals surface area contributed by atoms with Crippen molar-refractivity contribution < 1.29 is 35.9 Å². The normalized spacial score (nSPS) is 14.1. The largest absolute Gasteiger partial charge is 0.496 e. The minimum absolute atomic E-state index is 0.0643. The number of carbonyl (C=O) groups is 1. The fraction of sp³-hybridized carbons (Fsp3) is 0.240. The smallest absolute Gasteiger partial charge is 0.416 e. The van der Waals surface area contributed by atoms with E-state index < -0.39 is 32.6 Å². The highest BCUT2D eigenvalue weighted by Crippen LogP contribution is 2.39. The van der Waals surface area contributed by atoms with E-state index in [1.807, 2.05) is 0 Å². The van der Waals surface area contributed by atoms with Crippen LogP contribution in [0, 0.1) is 0 Å². The van der Waals surface area contributed by atoms with Crippen LogP contribution in [0.25, 0.3) is 11.1 Å². The van der Waals surface area contributed by atoms with Gasteiger partial charge in [-0.05, 0) is 42.0 Å². The minimum atomic E-state index is -4.72. The molecule has 0 unspecified atom stereocenters. The summed E-state index contributed by atoms with van der Waals surface area (Å²) in [7, 11) is -1.54. The van der Waals surface area contributed by atoms with E-state index in [0.29, 0.717) is 22.9 Å². The van der Waals surface area contributed by atoms with Gasteiger partial charge in [0, 0.05) is 19.2 Å². The molecule has 7 nitrogen and oxygen atoms in total. The van der Waals surface area contributed by atoms with Crippen molar-refractivity contribution in [2.75, 3.05) is 38.3 Å². The molecule has 0 saturated heterocycles. The molecule has 1 amide bonds. The van der Waals surface area contributed by atoms with E-state index in [4.69, 9.17) is 9.47 Å². The maximum Gasteiger partial charge on any atom is 0.416 e. The summed E-state index contributed by atoms with van der Waals surface area (Å²) in [6, 6.07) is 15.3. The molecule has 3 aromatic rings.